The average molecular weight is 299 g/mol. The molecule has 5 heteroatoms. The summed E-state index contributed by atoms with van der Waals surface area (Å²) < 4.78 is 10.4. The van der Waals surface area contributed by atoms with Gasteiger partial charge in [-0.25, -0.2) is 0 Å². The van der Waals surface area contributed by atoms with E-state index in [1.165, 1.54) is 0 Å². The summed E-state index contributed by atoms with van der Waals surface area (Å²) >= 11 is 0. The van der Waals surface area contributed by atoms with Crippen LogP contribution in [-0.2, 0) is 19.1 Å². The second-order valence-corrected chi connectivity index (χ2v) is 7.19. The fourth-order valence-corrected chi connectivity index (χ4v) is 2.52. The molecular weight excluding hydrogens is 270 g/mol. The summed E-state index contributed by atoms with van der Waals surface area (Å²) in [5.41, 5.74) is -0.419. The fourth-order valence-electron chi connectivity index (χ4n) is 2.52. The molecule has 1 aliphatic heterocycles. The number of nitrogens with one attached hydrogen (secondary N) is 1. The molecule has 1 N–H and O–H groups in total. The Balaban J connectivity index is 2.66. The van der Waals surface area contributed by atoms with Gasteiger partial charge in [0, 0.05) is 19.8 Å². The van der Waals surface area contributed by atoms with Crippen LogP contribution in [0.2, 0.25) is 0 Å². The summed E-state index contributed by atoms with van der Waals surface area (Å²) in [7, 11) is 0. The molecule has 1 aliphatic rings. The summed E-state index contributed by atoms with van der Waals surface area (Å²) in [5, 5.41) is 2.94. The molecule has 0 radical (unpaired) electrons. The first kappa shape index (κ1) is 18.0. The lowest BCUT2D eigenvalue weighted by molar-refractivity contribution is -0.156. The Labute approximate surface area is 127 Å². The molecular formula is C16H29NO4. The molecule has 1 saturated heterocycles. The third kappa shape index (κ3) is 5.30. The first-order valence-electron chi connectivity index (χ1n) is 7.72. The molecule has 1 fully saturated rings. The monoisotopic (exact) mass is 299 g/mol. The highest BCUT2D eigenvalue weighted by Crippen LogP contribution is 2.30. The quantitative estimate of drug-likeness (QED) is 0.624. The van der Waals surface area contributed by atoms with Gasteiger partial charge in [0.05, 0.1) is 6.61 Å². The highest BCUT2D eigenvalue weighted by atomic mass is 16.5. The summed E-state index contributed by atoms with van der Waals surface area (Å²) in [6.45, 7) is 11.8. The molecule has 1 unspecified atom stereocenters. The van der Waals surface area contributed by atoms with Gasteiger partial charge in [0.25, 0.3) is 0 Å². The molecule has 0 aliphatic carbocycles. The maximum atomic E-state index is 12.4. The molecule has 1 heterocycles. The number of carbonyl (C=O) groups excluding carboxylic acids is 2. The zero-order valence-corrected chi connectivity index (χ0v) is 14.0. The number of carbonyl (C=O) groups is 2. The lowest BCUT2D eigenvalue weighted by atomic mass is 9.79. The van der Waals surface area contributed by atoms with Gasteiger partial charge in [-0.1, -0.05) is 27.7 Å². The van der Waals surface area contributed by atoms with Crippen LogP contribution in [0.5, 0.6) is 0 Å². The minimum Gasteiger partial charge on any atom is -0.465 e. The third-order valence-corrected chi connectivity index (χ3v) is 4.04. The highest BCUT2D eigenvalue weighted by molar-refractivity contribution is 5.98. The number of amides is 1. The largest absolute Gasteiger partial charge is 0.465 e. The minimum absolute atomic E-state index is 0.0466. The van der Waals surface area contributed by atoms with Crippen molar-refractivity contribution < 1.29 is 19.1 Å². The van der Waals surface area contributed by atoms with Crippen molar-refractivity contribution in [2.45, 2.75) is 47.5 Å². The summed E-state index contributed by atoms with van der Waals surface area (Å²) in [5.74, 6) is -1.46. The number of hydrogen-bond acceptors (Lipinski definition) is 4. The predicted octanol–water partition coefficient (Wildman–Crippen LogP) is 2.14. The highest BCUT2D eigenvalue weighted by Gasteiger charge is 2.39. The van der Waals surface area contributed by atoms with E-state index in [-0.39, 0.29) is 17.9 Å². The molecule has 0 spiro atoms. The van der Waals surface area contributed by atoms with Gasteiger partial charge in [0.2, 0.25) is 5.91 Å². The second kappa shape index (κ2) is 7.25. The van der Waals surface area contributed by atoms with Crippen LogP contribution in [-0.4, -0.2) is 38.2 Å². The average Bonchev–Trinajstić information content (AvgIpc) is 2.36. The van der Waals surface area contributed by atoms with Crippen LogP contribution in [0, 0.1) is 16.7 Å². The number of hydrogen-bond donors (Lipinski definition) is 1. The van der Waals surface area contributed by atoms with E-state index < -0.39 is 17.3 Å². The van der Waals surface area contributed by atoms with E-state index in [0.717, 1.165) is 26.1 Å². The normalized spacial score (nSPS) is 19.7. The van der Waals surface area contributed by atoms with E-state index in [0.29, 0.717) is 6.54 Å². The lowest BCUT2D eigenvalue weighted by Gasteiger charge is -2.35. The summed E-state index contributed by atoms with van der Waals surface area (Å²) in [4.78, 5) is 24.5. The minimum atomic E-state index is -0.777. The predicted molar refractivity (Wildman–Crippen MR) is 80.7 cm³/mol. The molecule has 0 aromatic rings. The molecule has 1 atom stereocenters. The Morgan fingerprint density at radius 1 is 1.29 bits per heavy atom. The molecule has 5 nitrogen and oxygen atoms in total. The van der Waals surface area contributed by atoms with E-state index in [1.807, 2.05) is 20.8 Å². The van der Waals surface area contributed by atoms with Gasteiger partial charge in [-0.3, -0.25) is 9.59 Å². The first-order chi connectivity index (χ1) is 9.69. The topological polar surface area (TPSA) is 64.6 Å². The molecule has 1 amide bonds. The zero-order valence-electron chi connectivity index (χ0n) is 14.0. The van der Waals surface area contributed by atoms with Crippen LogP contribution < -0.4 is 5.32 Å². The van der Waals surface area contributed by atoms with E-state index >= 15 is 0 Å². The van der Waals surface area contributed by atoms with Gasteiger partial charge in [-0.15, -0.1) is 0 Å². The maximum absolute atomic E-state index is 12.4. The Bertz CT molecular complexity index is 367. The van der Waals surface area contributed by atoms with Crippen LogP contribution in [0.3, 0.4) is 0 Å². The van der Waals surface area contributed by atoms with Gasteiger partial charge in [0.15, 0.2) is 0 Å². The lowest BCUT2D eigenvalue weighted by Crippen LogP contribution is -2.47. The van der Waals surface area contributed by atoms with E-state index in [2.05, 4.69) is 12.2 Å². The number of ether oxygens (including phenoxy) is 2. The van der Waals surface area contributed by atoms with Crippen molar-refractivity contribution in [3.63, 3.8) is 0 Å². The third-order valence-electron chi connectivity index (χ3n) is 4.04. The molecule has 0 saturated carbocycles. The molecule has 0 aromatic carbocycles. The molecule has 21 heavy (non-hydrogen) atoms. The van der Waals surface area contributed by atoms with Crippen molar-refractivity contribution in [2.75, 3.05) is 26.4 Å². The number of rotatable bonds is 5. The van der Waals surface area contributed by atoms with Gasteiger partial charge >= 0.3 is 5.97 Å². The van der Waals surface area contributed by atoms with Crippen LogP contribution in [0.15, 0.2) is 0 Å². The second-order valence-electron chi connectivity index (χ2n) is 7.19. The van der Waals surface area contributed by atoms with E-state index in [4.69, 9.17) is 9.47 Å². The van der Waals surface area contributed by atoms with E-state index in [9.17, 15) is 9.59 Å². The van der Waals surface area contributed by atoms with Crippen molar-refractivity contribution in [1.82, 2.24) is 5.32 Å². The van der Waals surface area contributed by atoms with Crippen LogP contribution in [0.4, 0.5) is 0 Å². The van der Waals surface area contributed by atoms with Crippen molar-refractivity contribution in [3.8, 4) is 0 Å². The zero-order chi connectivity index (χ0) is 16.1. The molecule has 0 aromatic heterocycles. The van der Waals surface area contributed by atoms with Crippen molar-refractivity contribution >= 4 is 11.9 Å². The summed E-state index contributed by atoms with van der Waals surface area (Å²) in [6, 6.07) is 0. The van der Waals surface area contributed by atoms with Gasteiger partial charge in [0.1, 0.15) is 5.92 Å². The van der Waals surface area contributed by atoms with Gasteiger partial charge in [-0.05, 0) is 30.6 Å². The molecule has 1 rings (SSSR count). The van der Waals surface area contributed by atoms with Gasteiger partial charge < -0.3 is 14.8 Å². The van der Waals surface area contributed by atoms with Crippen LogP contribution in [0.1, 0.15) is 47.5 Å². The molecule has 0 bridgehead atoms. The fraction of sp³-hybridized carbons (Fsp3) is 0.875. The van der Waals surface area contributed by atoms with Crippen molar-refractivity contribution in [2.24, 2.45) is 16.7 Å². The Kier molecular flexibility index (Phi) is 6.20. The van der Waals surface area contributed by atoms with Crippen LogP contribution >= 0.6 is 0 Å². The molecule has 122 valence electrons. The van der Waals surface area contributed by atoms with E-state index in [1.54, 1.807) is 6.92 Å². The Morgan fingerprint density at radius 3 is 2.33 bits per heavy atom. The Morgan fingerprint density at radius 2 is 1.86 bits per heavy atom. The first-order valence-corrected chi connectivity index (χ1v) is 7.72. The number of esters is 1. The maximum Gasteiger partial charge on any atom is 0.319 e. The van der Waals surface area contributed by atoms with Crippen molar-refractivity contribution in [1.29, 1.82) is 0 Å². The standard InChI is InChI=1S/C16H29NO4/c1-6-21-14(19)12(15(2,3)4)13(18)17-11-16(5)7-9-20-10-8-16/h12H,6-11H2,1-5H3,(H,17,18). The summed E-state index contributed by atoms with van der Waals surface area (Å²) in [6.07, 6.45) is 1.85. The van der Waals surface area contributed by atoms with Crippen molar-refractivity contribution in [3.05, 3.63) is 0 Å². The van der Waals surface area contributed by atoms with Gasteiger partial charge in [-0.2, -0.15) is 0 Å². The smallest absolute Gasteiger partial charge is 0.319 e. The SMILES string of the molecule is CCOC(=O)C(C(=O)NCC1(C)CCOCC1)C(C)(C)C. The van der Waals surface area contributed by atoms with Crippen LogP contribution in [0.25, 0.3) is 0 Å². The Hall–Kier alpha value is -1.10.